The summed E-state index contributed by atoms with van der Waals surface area (Å²) in [6, 6.07) is 15.4. The van der Waals surface area contributed by atoms with Crippen LogP contribution in [0.5, 0.6) is 17.2 Å². The van der Waals surface area contributed by atoms with E-state index in [-0.39, 0.29) is 24.6 Å². The van der Waals surface area contributed by atoms with Crippen molar-refractivity contribution in [2.45, 2.75) is 20.1 Å². The van der Waals surface area contributed by atoms with Gasteiger partial charge < -0.3 is 19.5 Å². The molecule has 8 nitrogen and oxygen atoms in total. The van der Waals surface area contributed by atoms with Gasteiger partial charge in [0.25, 0.3) is 5.56 Å². The monoisotopic (exact) mass is 409 g/mol. The van der Waals surface area contributed by atoms with Crippen LogP contribution < -0.4 is 25.1 Å². The van der Waals surface area contributed by atoms with Gasteiger partial charge in [-0.2, -0.15) is 0 Å². The molecule has 8 heteroatoms. The summed E-state index contributed by atoms with van der Waals surface area (Å²) in [4.78, 5) is 29.4. The van der Waals surface area contributed by atoms with E-state index in [1.807, 2.05) is 0 Å². The molecule has 1 heterocycles. The maximum Gasteiger partial charge on any atom is 0.254 e. The quantitative estimate of drug-likeness (QED) is 0.615. The number of hydrogen-bond donors (Lipinski definition) is 1. The van der Waals surface area contributed by atoms with E-state index in [2.05, 4.69) is 10.3 Å². The highest BCUT2D eigenvalue weighted by molar-refractivity contribution is 5.90. The van der Waals surface area contributed by atoms with Gasteiger partial charge in [-0.3, -0.25) is 14.2 Å². The fourth-order valence-corrected chi connectivity index (χ4v) is 2.82. The normalized spacial score (nSPS) is 10.4. The average molecular weight is 409 g/mol. The van der Waals surface area contributed by atoms with Crippen molar-refractivity contribution in [1.29, 1.82) is 0 Å². The number of amides is 1. The Morgan fingerprint density at radius 3 is 2.40 bits per heavy atom. The number of aryl methyl sites for hydroxylation is 1. The topological polar surface area (TPSA) is 91.7 Å². The molecule has 0 fully saturated rings. The minimum absolute atomic E-state index is 0.0374. The lowest BCUT2D eigenvalue weighted by atomic mass is 10.3. The predicted molar refractivity (Wildman–Crippen MR) is 112 cm³/mol. The van der Waals surface area contributed by atoms with Gasteiger partial charge in [0, 0.05) is 23.5 Å². The van der Waals surface area contributed by atoms with Gasteiger partial charge in [0.15, 0.2) is 0 Å². The van der Waals surface area contributed by atoms with Gasteiger partial charge >= 0.3 is 0 Å². The van der Waals surface area contributed by atoms with Crippen LogP contribution in [0.15, 0.2) is 59.4 Å². The first-order valence-corrected chi connectivity index (χ1v) is 9.26. The third-order valence-corrected chi connectivity index (χ3v) is 4.30. The summed E-state index contributed by atoms with van der Waals surface area (Å²) in [5.41, 5.74) is 0.804. The maximum absolute atomic E-state index is 12.5. The van der Waals surface area contributed by atoms with E-state index in [4.69, 9.17) is 14.2 Å². The zero-order valence-corrected chi connectivity index (χ0v) is 17.0. The van der Waals surface area contributed by atoms with Crippen LogP contribution in [-0.4, -0.2) is 29.7 Å². The zero-order chi connectivity index (χ0) is 21.5. The van der Waals surface area contributed by atoms with Crippen molar-refractivity contribution < 1.29 is 19.0 Å². The molecule has 0 radical (unpaired) electrons. The van der Waals surface area contributed by atoms with Crippen molar-refractivity contribution in [2.75, 3.05) is 19.5 Å². The Morgan fingerprint density at radius 2 is 1.70 bits per heavy atom. The number of nitrogens with zero attached hydrogens (tertiary/aromatic N) is 2. The van der Waals surface area contributed by atoms with Gasteiger partial charge in [-0.25, -0.2) is 4.98 Å². The van der Waals surface area contributed by atoms with Crippen molar-refractivity contribution in [1.82, 2.24) is 9.55 Å². The Bertz CT molecular complexity index is 1080. The van der Waals surface area contributed by atoms with Crippen molar-refractivity contribution >= 4 is 11.6 Å². The van der Waals surface area contributed by atoms with Crippen molar-refractivity contribution in [3.05, 3.63) is 76.5 Å². The van der Waals surface area contributed by atoms with E-state index < -0.39 is 0 Å². The van der Waals surface area contributed by atoms with E-state index in [9.17, 15) is 9.59 Å². The molecule has 0 atom stereocenters. The summed E-state index contributed by atoms with van der Waals surface area (Å²) in [5.74, 6) is 1.93. The van der Waals surface area contributed by atoms with Crippen molar-refractivity contribution in [2.24, 2.45) is 0 Å². The van der Waals surface area contributed by atoms with Crippen LogP contribution >= 0.6 is 0 Å². The molecular formula is C22H23N3O5. The number of ether oxygens (including phenoxy) is 3. The van der Waals surface area contributed by atoms with Gasteiger partial charge in [0.05, 0.1) is 14.2 Å². The lowest BCUT2D eigenvalue weighted by molar-refractivity contribution is -0.116. The van der Waals surface area contributed by atoms with Crippen LogP contribution in [0.1, 0.15) is 11.5 Å². The first kappa shape index (κ1) is 20.9. The van der Waals surface area contributed by atoms with E-state index in [0.29, 0.717) is 34.5 Å². The molecule has 1 N–H and O–H groups in total. The van der Waals surface area contributed by atoms with Gasteiger partial charge in [0.2, 0.25) is 5.91 Å². The second kappa shape index (κ2) is 9.60. The Morgan fingerprint density at radius 1 is 1.00 bits per heavy atom. The number of carbonyl (C=O) groups is 1. The Labute approximate surface area is 174 Å². The summed E-state index contributed by atoms with van der Waals surface area (Å²) in [6.45, 7) is 1.57. The molecule has 0 aliphatic carbocycles. The second-order valence-corrected chi connectivity index (χ2v) is 6.48. The van der Waals surface area contributed by atoms with Gasteiger partial charge in [-0.15, -0.1) is 0 Å². The molecule has 3 aromatic rings. The molecule has 0 bridgehead atoms. The molecule has 3 rings (SSSR count). The van der Waals surface area contributed by atoms with E-state index in [0.717, 1.165) is 0 Å². The highest BCUT2D eigenvalue weighted by Gasteiger charge is 2.13. The highest BCUT2D eigenvalue weighted by atomic mass is 16.5. The van der Waals surface area contributed by atoms with E-state index >= 15 is 0 Å². The summed E-state index contributed by atoms with van der Waals surface area (Å²) in [7, 11) is 3.13. The molecule has 0 spiro atoms. The third kappa shape index (κ3) is 5.38. The van der Waals surface area contributed by atoms with Crippen molar-refractivity contribution in [3.8, 4) is 17.2 Å². The Kier molecular flexibility index (Phi) is 6.69. The Balaban J connectivity index is 1.74. The largest absolute Gasteiger partial charge is 0.497 e. The minimum atomic E-state index is -0.360. The van der Waals surface area contributed by atoms with Gasteiger partial charge in [0.1, 0.15) is 36.2 Å². The number of nitrogens with one attached hydrogen (secondary N) is 1. The van der Waals surface area contributed by atoms with Crippen LogP contribution in [0.4, 0.5) is 5.69 Å². The van der Waals surface area contributed by atoms with Crippen LogP contribution in [-0.2, 0) is 17.9 Å². The van der Waals surface area contributed by atoms with Crippen LogP contribution in [0.2, 0.25) is 0 Å². The van der Waals surface area contributed by atoms with Crippen LogP contribution in [0, 0.1) is 6.92 Å². The summed E-state index contributed by atoms with van der Waals surface area (Å²) in [6.07, 6.45) is 0. The third-order valence-electron chi connectivity index (χ3n) is 4.30. The highest BCUT2D eigenvalue weighted by Crippen LogP contribution is 2.18. The van der Waals surface area contributed by atoms with E-state index in [1.165, 1.54) is 10.6 Å². The number of benzene rings is 2. The average Bonchev–Trinajstić information content (AvgIpc) is 2.74. The first-order valence-electron chi connectivity index (χ1n) is 9.26. The first-order chi connectivity index (χ1) is 14.5. The predicted octanol–water partition coefficient (Wildman–Crippen LogP) is 2.79. The fourth-order valence-electron chi connectivity index (χ4n) is 2.82. The molecule has 2 aromatic carbocycles. The van der Waals surface area contributed by atoms with Crippen molar-refractivity contribution in [3.63, 3.8) is 0 Å². The molecular weight excluding hydrogens is 386 g/mol. The summed E-state index contributed by atoms with van der Waals surface area (Å²) >= 11 is 0. The smallest absolute Gasteiger partial charge is 0.254 e. The van der Waals surface area contributed by atoms with Crippen LogP contribution in [0.3, 0.4) is 0 Å². The van der Waals surface area contributed by atoms with Crippen LogP contribution in [0.25, 0.3) is 0 Å². The molecule has 0 unspecified atom stereocenters. The number of carbonyl (C=O) groups excluding carboxylic acids is 1. The molecule has 30 heavy (non-hydrogen) atoms. The summed E-state index contributed by atoms with van der Waals surface area (Å²) in [5, 5.41) is 2.76. The summed E-state index contributed by atoms with van der Waals surface area (Å²) < 4.78 is 17.3. The molecule has 0 aliphatic heterocycles. The SMILES string of the molecule is COc1ccc(OCc2nc(C)cc(=O)n2CC(=O)Nc2cccc(OC)c2)cc1. The number of rotatable bonds is 8. The molecule has 1 amide bonds. The number of hydrogen-bond acceptors (Lipinski definition) is 6. The molecule has 0 saturated carbocycles. The molecule has 0 saturated heterocycles. The molecule has 1 aromatic heterocycles. The fraction of sp³-hybridized carbons (Fsp3) is 0.227. The maximum atomic E-state index is 12.5. The Hall–Kier alpha value is -3.81. The molecule has 156 valence electrons. The van der Waals surface area contributed by atoms with Gasteiger partial charge in [-0.05, 0) is 43.3 Å². The minimum Gasteiger partial charge on any atom is -0.497 e. The zero-order valence-electron chi connectivity index (χ0n) is 17.0. The van der Waals surface area contributed by atoms with Gasteiger partial charge in [-0.1, -0.05) is 6.07 Å². The number of anilines is 1. The second-order valence-electron chi connectivity index (χ2n) is 6.48. The van der Waals surface area contributed by atoms with E-state index in [1.54, 1.807) is 69.7 Å². The molecule has 0 aliphatic rings. The standard InChI is InChI=1S/C22H23N3O5/c1-15-11-22(27)25(13-21(26)24-16-5-4-6-19(12-16)29-3)20(23-15)14-30-18-9-7-17(28-2)8-10-18/h4-12H,13-14H2,1-3H3,(H,24,26). The lowest BCUT2D eigenvalue weighted by Gasteiger charge is -2.14. The lowest BCUT2D eigenvalue weighted by Crippen LogP contribution is -2.31. The number of aromatic nitrogens is 2. The number of methoxy groups -OCH3 is 2.